The quantitative estimate of drug-likeness (QED) is 0.689. The minimum absolute atomic E-state index is 0.662. The first-order chi connectivity index (χ1) is 8.11. The van der Waals surface area contributed by atoms with Gasteiger partial charge in [-0.15, -0.1) is 0 Å². The smallest absolute Gasteiger partial charge is 0.142 e. The molecule has 3 nitrogen and oxygen atoms in total. The van der Waals surface area contributed by atoms with Gasteiger partial charge in [0, 0.05) is 12.1 Å². The lowest BCUT2D eigenvalue weighted by Gasteiger charge is -2.06. The number of hydrogen-bond acceptors (Lipinski definition) is 4. The van der Waals surface area contributed by atoms with E-state index in [0.717, 1.165) is 23.0 Å². The number of nitrogen functional groups attached to an aromatic ring is 1. The van der Waals surface area contributed by atoms with Crippen LogP contribution in [0.25, 0.3) is 0 Å². The van der Waals surface area contributed by atoms with Crippen molar-refractivity contribution in [3.63, 3.8) is 0 Å². The number of rotatable bonds is 8. The molecule has 1 aromatic rings. The summed E-state index contributed by atoms with van der Waals surface area (Å²) in [5.74, 6) is 1.50. The maximum atomic E-state index is 5.70. The summed E-state index contributed by atoms with van der Waals surface area (Å²) in [5.41, 5.74) is 6.79. The maximum absolute atomic E-state index is 5.70. The molecule has 0 spiro atoms. The van der Waals surface area contributed by atoms with Gasteiger partial charge in [-0.05, 0) is 30.8 Å². The molecule has 3 N–H and O–H groups in total. The van der Waals surface area contributed by atoms with Crippen molar-refractivity contribution in [1.29, 1.82) is 0 Å². The van der Waals surface area contributed by atoms with Crippen LogP contribution in [-0.4, -0.2) is 10.9 Å². The number of aromatic nitrogens is 1. The lowest BCUT2D eigenvalue weighted by molar-refractivity contribution is 0.523. The van der Waals surface area contributed by atoms with Crippen molar-refractivity contribution in [3.05, 3.63) is 5.56 Å². The molecule has 0 aromatic carbocycles. The first kappa shape index (κ1) is 14.3. The second kappa shape index (κ2) is 7.54. The van der Waals surface area contributed by atoms with Crippen molar-refractivity contribution < 1.29 is 0 Å². The highest BCUT2D eigenvalue weighted by Gasteiger charge is 2.04. The molecule has 0 amide bonds. The number of nitrogens with two attached hydrogens (primary N) is 1. The van der Waals surface area contributed by atoms with Crippen molar-refractivity contribution in [2.45, 2.75) is 52.9 Å². The van der Waals surface area contributed by atoms with E-state index in [0.29, 0.717) is 5.82 Å². The third kappa shape index (κ3) is 5.39. The highest BCUT2D eigenvalue weighted by atomic mass is 32.1. The van der Waals surface area contributed by atoms with Crippen LogP contribution in [0, 0.1) is 12.8 Å². The zero-order valence-electron chi connectivity index (χ0n) is 11.3. The van der Waals surface area contributed by atoms with Crippen LogP contribution in [0.2, 0.25) is 0 Å². The van der Waals surface area contributed by atoms with E-state index in [1.165, 1.54) is 43.6 Å². The van der Waals surface area contributed by atoms with Crippen molar-refractivity contribution in [3.8, 4) is 0 Å². The zero-order valence-corrected chi connectivity index (χ0v) is 12.1. The Morgan fingerprint density at radius 1 is 1.24 bits per heavy atom. The van der Waals surface area contributed by atoms with Gasteiger partial charge in [0.25, 0.3) is 0 Å². The van der Waals surface area contributed by atoms with E-state index in [4.69, 9.17) is 5.73 Å². The summed E-state index contributed by atoms with van der Waals surface area (Å²) < 4.78 is 4.12. The number of nitrogens with zero attached hydrogens (tertiary/aromatic N) is 1. The van der Waals surface area contributed by atoms with Crippen molar-refractivity contribution in [2.75, 3.05) is 17.6 Å². The van der Waals surface area contributed by atoms with Crippen LogP contribution in [0.1, 0.15) is 51.5 Å². The van der Waals surface area contributed by atoms with Crippen LogP contribution in [0.15, 0.2) is 0 Å². The summed E-state index contributed by atoms with van der Waals surface area (Å²) in [7, 11) is 0. The first-order valence-electron chi connectivity index (χ1n) is 6.57. The van der Waals surface area contributed by atoms with E-state index in [1.54, 1.807) is 0 Å². The molecule has 0 fully saturated rings. The van der Waals surface area contributed by atoms with Gasteiger partial charge in [-0.2, -0.15) is 4.37 Å². The molecule has 1 heterocycles. The Balaban J connectivity index is 2.03. The fraction of sp³-hybridized carbons (Fsp3) is 0.769. The van der Waals surface area contributed by atoms with E-state index in [-0.39, 0.29) is 0 Å². The number of anilines is 2. The van der Waals surface area contributed by atoms with E-state index in [9.17, 15) is 0 Å². The summed E-state index contributed by atoms with van der Waals surface area (Å²) in [6.45, 7) is 7.63. The second-order valence-electron chi connectivity index (χ2n) is 5.05. The molecule has 0 aliphatic heterocycles. The van der Waals surface area contributed by atoms with Gasteiger partial charge in [0.1, 0.15) is 10.8 Å². The normalized spacial score (nSPS) is 11.1. The Morgan fingerprint density at radius 2 is 1.94 bits per heavy atom. The average molecular weight is 255 g/mol. The van der Waals surface area contributed by atoms with E-state index in [2.05, 4.69) is 23.5 Å². The van der Waals surface area contributed by atoms with Crippen LogP contribution in [-0.2, 0) is 0 Å². The Bertz CT molecular complexity index is 320. The standard InChI is InChI=1S/C13H25N3S/c1-10(2)8-6-4-5-7-9-15-13-11(3)12(14)16-17-13/h10,15H,4-9H2,1-3H3,(H2,14,16). The molecular weight excluding hydrogens is 230 g/mol. The monoisotopic (exact) mass is 255 g/mol. The van der Waals surface area contributed by atoms with Crippen LogP contribution in [0.4, 0.5) is 10.8 Å². The molecule has 0 aliphatic carbocycles. The molecule has 0 aliphatic rings. The molecule has 0 saturated heterocycles. The molecule has 1 aromatic heterocycles. The summed E-state index contributed by atoms with van der Waals surface area (Å²) in [4.78, 5) is 0. The van der Waals surface area contributed by atoms with Gasteiger partial charge in [0.15, 0.2) is 0 Å². The van der Waals surface area contributed by atoms with Gasteiger partial charge in [0.05, 0.1) is 0 Å². The highest BCUT2D eigenvalue weighted by Crippen LogP contribution is 2.25. The number of hydrogen-bond donors (Lipinski definition) is 2. The Hall–Kier alpha value is -0.770. The van der Waals surface area contributed by atoms with Crippen molar-refractivity contribution >= 4 is 22.4 Å². The van der Waals surface area contributed by atoms with Gasteiger partial charge >= 0.3 is 0 Å². The Morgan fingerprint density at radius 3 is 2.53 bits per heavy atom. The summed E-state index contributed by atoms with van der Waals surface area (Å²) in [5, 5.41) is 4.54. The second-order valence-corrected chi connectivity index (χ2v) is 5.82. The van der Waals surface area contributed by atoms with Gasteiger partial charge < -0.3 is 11.1 Å². The topological polar surface area (TPSA) is 50.9 Å². The largest absolute Gasteiger partial charge is 0.383 e. The van der Waals surface area contributed by atoms with E-state index < -0.39 is 0 Å². The molecule has 0 saturated carbocycles. The predicted octanol–water partition coefficient (Wildman–Crippen LogP) is 4.05. The molecular formula is C13H25N3S. The van der Waals surface area contributed by atoms with Crippen molar-refractivity contribution in [1.82, 2.24) is 4.37 Å². The van der Waals surface area contributed by atoms with Crippen LogP contribution in [0.3, 0.4) is 0 Å². The molecule has 0 atom stereocenters. The average Bonchev–Trinajstić information content (AvgIpc) is 2.59. The highest BCUT2D eigenvalue weighted by molar-refractivity contribution is 7.10. The molecule has 0 unspecified atom stereocenters. The fourth-order valence-corrected chi connectivity index (χ4v) is 2.48. The van der Waals surface area contributed by atoms with Gasteiger partial charge in [-0.1, -0.05) is 39.5 Å². The van der Waals surface area contributed by atoms with Gasteiger partial charge in [-0.3, -0.25) is 0 Å². The predicted molar refractivity (Wildman–Crippen MR) is 77.7 cm³/mol. The Kier molecular flexibility index (Phi) is 6.34. The van der Waals surface area contributed by atoms with Crippen LogP contribution < -0.4 is 11.1 Å². The van der Waals surface area contributed by atoms with Gasteiger partial charge in [-0.25, -0.2) is 0 Å². The third-order valence-electron chi connectivity index (χ3n) is 2.95. The molecule has 0 bridgehead atoms. The zero-order chi connectivity index (χ0) is 12.7. The number of unbranched alkanes of at least 4 members (excludes halogenated alkanes) is 3. The summed E-state index contributed by atoms with van der Waals surface area (Å²) in [6.07, 6.45) is 6.62. The molecule has 1 rings (SSSR count). The molecule has 17 heavy (non-hydrogen) atoms. The SMILES string of the molecule is Cc1c(N)nsc1NCCCCCCC(C)C. The molecule has 0 radical (unpaired) electrons. The summed E-state index contributed by atoms with van der Waals surface area (Å²) >= 11 is 1.46. The minimum Gasteiger partial charge on any atom is -0.383 e. The Labute approximate surface area is 109 Å². The molecule has 98 valence electrons. The lowest BCUT2D eigenvalue weighted by Crippen LogP contribution is -2.01. The summed E-state index contributed by atoms with van der Waals surface area (Å²) in [6, 6.07) is 0. The first-order valence-corrected chi connectivity index (χ1v) is 7.34. The lowest BCUT2D eigenvalue weighted by atomic mass is 10.0. The van der Waals surface area contributed by atoms with E-state index in [1.807, 2.05) is 6.92 Å². The third-order valence-corrected chi connectivity index (χ3v) is 3.87. The van der Waals surface area contributed by atoms with Crippen LogP contribution >= 0.6 is 11.5 Å². The van der Waals surface area contributed by atoms with Gasteiger partial charge in [0.2, 0.25) is 0 Å². The van der Waals surface area contributed by atoms with Crippen LogP contribution in [0.5, 0.6) is 0 Å². The fourth-order valence-electron chi connectivity index (χ4n) is 1.75. The maximum Gasteiger partial charge on any atom is 0.142 e. The molecule has 4 heteroatoms. The number of nitrogens with one attached hydrogen (secondary N) is 1. The van der Waals surface area contributed by atoms with Crippen molar-refractivity contribution in [2.24, 2.45) is 5.92 Å². The minimum atomic E-state index is 0.662. The van der Waals surface area contributed by atoms with E-state index >= 15 is 0 Å².